The molecule has 0 aromatic heterocycles. The van der Waals surface area contributed by atoms with Crippen molar-refractivity contribution in [3.63, 3.8) is 0 Å². The minimum Gasteiger partial charge on any atom is -0.479 e. The summed E-state index contributed by atoms with van der Waals surface area (Å²) >= 11 is 0. The van der Waals surface area contributed by atoms with E-state index in [0.29, 0.717) is 32.0 Å². The molecule has 1 N–H and O–H groups in total. The van der Waals surface area contributed by atoms with Gasteiger partial charge in [-0.3, -0.25) is 9.69 Å². The first-order valence-electron chi connectivity index (χ1n) is 6.17. The molecular weight excluding hydrogens is 220 g/mol. The molecule has 5 nitrogen and oxygen atoms in total. The lowest BCUT2D eigenvalue weighted by Crippen LogP contribution is -2.56. The Balaban J connectivity index is 2.91. The van der Waals surface area contributed by atoms with Crippen molar-refractivity contribution in [2.24, 2.45) is 0 Å². The third-order valence-corrected chi connectivity index (χ3v) is 3.55. The van der Waals surface area contributed by atoms with Crippen molar-refractivity contribution >= 4 is 12.4 Å². The molecule has 0 saturated carbocycles. The number of aliphatic carboxylic acids is 1. The van der Waals surface area contributed by atoms with Crippen LogP contribution in [0.2, 0.25) is 0 Å². The number of hydrogen-bond acceptors (Lipinski definition) is 3. The minimum absolute atomic E-state index is 0.311. The Kier molecular flexibility index (Phi) is 4.51. The van der Waals surface area contributed by atoms with E-state index in [1.807, 2.05) is 20.8 Å². The summed E-state index contributed by atoms with van der Waals surface area (Å²) in [6, 6.07) is 0.311. The summed E-state index contributed by atoms with van der Waals surface area (Å²) in [6.45, 7) is 7.70. The van der Waals surface area contributed by atoms with E-state index in [9.17, 15) is 14.7 Å². The van der Waals surface area contributed by atoms with Crippen molar-refractivity contribution < 1.29 is 14.7 Å². The van der Waals surface area contributed by atoms with Crippen molar-refractivity contribution in [3.8, 4) is 0 Å². The number of nitrogens with zero attached hydrogens (tertiary/aromatic N) is 2. The van der Waals surface area contributed by atoms with Crippen LogP contribution < -0.4 is 0 Å². The second-order valence-electron chi connectivity index (χ2n) is 4.95. The molecule has 0 aromatic rings. The Morgan fingerprint density at radius 3 is 2.59 bits per heavy atom. The smallest absolute Gasteiger partial charge is 0.331 e. The number of likely N-dealkylation sites (tertiary alicyclic amines) is 1. The van der Waals surface area contributed by atoms with Crippen LogP contribution in [0.3, 0.4) is 0 Å². The third-order valence-electron chi connectivity index (χ3n) is 3.55. The van der Waals surface area contributed by atoms with Gasteiger partial charge in [0.1, 0.15) is 0 Å². The Morgan fingerprint density at radius 1 is 1.59 bits per heavy atom. The van der Waals surface area contributed by atoms with E-state index >= 15 is 0 Å². The first-order chi connectivity index (χ1) is 7.97. The highest BCUT2D eigenvalue weighted by molar-refractivity contribution is 5.82. The predicted molar refractivity (Wildman–Crippen MR) is 64.8 cm³/mol. The molecule has 1 aliphatic rings. The van der Waals surface area contributed by atoms with Gasteiger partial charge < -0.3 is 10.0 Å². The van der Waals surface area contributed by atoms with Gasteiger partial charge in [-0.25, -0.2) is 4.79 Å². The van der Waals surface area contributed by atoms with E-state index in [4.69, 9.17) is 0 Å². The third kappa shape index (κ3) is 2.60. The van der Waals surface area contributed by atoms with Gasteiger partial charge in [-0.2, -0.15) is 0 Å². The summed E-state index contributed by atoms with van der Waals surface area (Å²) < 4.78 is 0. The van der Waals surface area contributed by atoms with Crippen LogP contribution in [-0.4, -0.2) is 58.5 Å². The summed E-state index contributed by atoms with van der Waals surface area (Å²) in [6.07, 6.45) is 1.97. The first kappa shape index (κ1) is 14.0. The molecule has 0 aromatic carbocycles. The second-order valence-corrected chi connectivity index (χ2v) is 4.95. The largest absolute Gasteiger partial charge is 0.479 e. The van der Waals surface area contributed by atoms with Crippen LogP contribution in [0.1, 0.15) is 33.6 Å². The van der Waals surface area contributed by atoms with E-state index in [-0.39, 0.29) is 0 Å². The van der Waals surface area contributed by atoms with Crippen LogP contribution in [0.5, 0.6) is 0 Å². The lowest BCUT2D eigenvalue weighted by molar-refractivity contribution is -0.154. The molecule has 1 unspecified atom stereocenters. The molecule has 0 bridgehead atoms. The Labute approximate surface area is 102 Å². The second kappa shape index (κ2) is 5.49. The zero-order valence-corrected chi connectivity index (χ0v) is 10.8. The van der Waals surface area contributed by atoms with Gasteiger partial charge in [0.05, 0.1) is 0 Å². The van der Waals surface area contributed by atoms with Gasteiger partial charge in [-0.15, -0.1) is 0 Å². The maximum Gasteiger partial charge on any atom is 0.331 e. The summed E-state index contributed by atoms with van der Waals surface area (Å²) in [5.74, 6) is -0.888. The van der Waals surface area contributed by atoms with E-state index in [1.54, 1.807) is 0 Å². The zero-order valence-electron chi connectivity index (χ0n) is 10.8. The maximum atomic E-state index is 11.5. The van der Waals surface area contributed by atoms with Crippen LogP contribution in [0.4, 0.5) is 0 Å². The summed E-state index contributed by atoms with van der Waals surface area (Å²) in [5, 5.41) is 9.46. The summed E-state index contributed by atoms with van der Waals surface area (Å²) in [5.41, 5.74) is -1.03. The summed E-state index contributed by atoms with van der Waals surface area (Å²) in [7, 11) is 0. The fourth-order valence-electron chi connectivity index (χ4n) is 2.40. The lowest BCUT2D eigenvalue weighted by atomic mass is 9.96. The zero-order chi connectivity index (χ0) is 13.1. The summed E-state index contributed by atoms with van der Waals surface area (Å²) in [4.78, 5) is 26.2. The predicted octanol–water partition coefficient (Wildman–Crippen LogP) is 0.792. The number of rotatable bonds is 6. The van der Waals surface area contributed by atoms with Crippen molar-refractivity contribution in [2.45, 2.75) is 45.2 Å². The average molecular weight is 242 g/mol. The normalized spacial score (nSPS) is 25.2. The van der Waals surface area contributed by atoms with Crippen LogP contribution in [0.25, 0.3) is 0 Å². The monoisotopic (exact) mass is 242 g/mol. The number of carbonyl (C=O) groups excluding carboxylic acids is 1. The van der Waals surface area contributed by atoms with Crippen molar-refractivity contribution in [3.05, 3.63) is 0 Å². The minimum atomic E-state index is -1.03. The van der Waals surface area contributed by atoms with Crippen molar-refractivity contribution in [1.82, 2.24) is 9.80 Å². The molecule has 1 rings (SSSR count). The van der Waals surface area contributed by atoms with Gasteiger partial charge >= 0.3 is 5.97 Å². The molecule has 0 aliphatic carbocycles. The van der Waals surface area contributed by atoms with Crippen molar-refractivity contribution in [1.29, 1.82) is 0 Å². The molecule has 1 amide bonds. The SMILES string of the molecule is CCCN(C=O)C1(C(=O)O)CCN(C(C)C)C1. The lowest BCUT2D eigenvalue weighted by Gasteiger charge is -2.35. The van der Waals surface area contributed by atoms with Gasteiger partial charge in [-0.05, 0) is 26.7 Å². The standard InChI is InChI=1S/C12H22N2O3/c1-4-6-14(9-15)12(11(16)17)5-7-13(8-12)10(2)3/h9-10H,4-8H2,1-3H3,(H,16,17). The molecule has 0 spiro atoms. The topological polar surface area (TPSA) is 60.9 Å². The fraction of sp³-hybridized carbons (Fsp3) is 0.833. The molecule has 1 fully saturated rings. The van der Waals surface area contributed by atoms with E-state index in [1.165, 1.54) is 4.90 Å². The number of carboxylic acid groups (broad SMARTS) is 1. The Bertz CT molecular complexity index is 293. The highest BCUT2D eigenvalue weighted by atomic mass is 16.4. The van der Waals surface area contributed by atoms with E-state index < -0.39 is 11.5 Å². The fourth-order valence-corrected chi connectivity index (χ4v) is 2.40. The van der Waals surface area contributed by atoms with Gasteiger partial charge in [0.25, 0.3) is 0 Å². The first-order valence-corrected chi connectivity index (χ1v) is 6.17. The number of amides is 1. The van der Waals surface area contributed by atoms with E-state index in [2.05, 4.69) is 4.90 Å². The van der Waals surface area contributed by atoms with Gasteiger partial charge in [0.15, 0.2) is 5.54 Å². The highest BCUT2D eigenvalue weighted by Crippen LogP contribution is 2.29. The molecule has 1 atom stereocenters. The molecular formula is C12H22N2O3. The molecule has 1 heterocycles. The van der Waals surface area contributed by atoms with Gasteiger partial charge in [-0.1, -0.05) is 6.92 Å². The molecule has 98 valence electrons. The van der Waals surface area contributed by atoms with Crippen LogP contribution >= 0.6 is 0 Å². The molecule has 17 heavy (non-hydrogen) atoms. The number of hydrogen-bond donors (Lipinski definition) is 1. The van der Waals surface area contributed by atoms with Gasteiger partial charge in [0, 0.05) is 25.7 Å². The molecule has 1 saturated heterocycles. The number of carbonyl (C=O) groups is 2. The molecule has 5 heteroatoms. The molecule has 0 radical (unpaired) electrons. The van der Waals surface area contributed by atoms with Gasteiger partial charge in [0.2, 0.25) is 6.41 Å². The van der Waals surface area contributed by atoms with Crippen LogP contribution in [0.15, 0.2) is 0 Å². The van der Waals surface area contributed by atoms with Crippen LogP contribution in [0, 0.1) is 0 Å². The quantitative estimate of drug-likeness (QED) is 0.700. The van der Waals surface area contributed by atoms with Crippen molar-refractivity contribution in [2.75, 3.05) is 19.6 Å². The Hall–Kier alpha value is -1.10. The van der Waals surface area contributed by atoms with E-state index in [0.717, 1.165) is 13.0 Å². The maximum absolute atomic E-state index is 11.5. The average Bonchev–Trinajstić information content (AvgIpc) is 2.72. The Morgan fingerprint density at radius 2 is 2.24 bits per heavy atom. The molecule has 1 aliphatic heterocycles. The highest BCUT2D eigenvalue weighted by Gasteiger charge is 2.49. The van der Waals surface area contributed by atoms with Crippen LogP contribution in [-0.2, 0) is 9.59 Å². The number of carboxylic acids is 1.